The molecule has 0 bridgehead atoms. The first-order valence-electron chi connectivity index (χ1n) is 6.26. The molecular weight excluding hydrogens is 260 g/mol. The molecule has 6 heteroatoms. The number of aromatic hydroxyl groups is 1. The van der Waals surface area contributed by atoms with E-state index in [1.807, 2.05) is 19.0 Å². The molecule has 6 nitrogen and oxygen atoms in total. The number of aliphatic carboxylic acids is 1. The number of carbonyl (C=O) groups is 2. The number of nitrogens with zero attached hydrogens (tertiary/aromatic N) is 2. The molecular formula is C14H20N2O4. The molecule has 0 aliphatic heterocycles. The highest BCUT2D eigenvalue weighted by Gasteiger charge is 2.21. The quantitative estimate of drug-likeness (QED) is 0.805. The Bertz CT molecular complexity index is 500. The summed E-state index contributed by atoms with van der Waals surface area (Å²) in [4.78, 5) is 26.3. The maximum Gasteiger partial charge on any atom is 0.323 e. The molecule has 0 atom stereocenters. The van der Waals surface area contributed by atoms with Crippen LogP contribution in [0.1, 0.15) is 15.9 Å². The SMILES string of the molecule is Cc1ccc(O)c(C(=O)N(CCN(C)C)CC(=O)O)c1. The summed E-state index contributed by atoms with van der Waals surface area (Å²) in [6.07, 6.45) is 0. The fourth-order valence-corrected chi connectivity index (χ4v) is 1.73. The Kier molecular flexibility index (Phi) is 5.52. The van der Waals surface area contributed by atoms with Gasteiger partial charge in [-0.3, -0.25) is 9.59 Å². The first kappa shape index (κ1) is 16.0. The van der Waals surface area contributed by atoms with Gasteiger partial charge in [-0.2, -0.15) is 0 Å². The number of likely N-dealkylation sites (N-methyl/N-ethyl adjacent to an activating group) is 1. The Hall–Kier alpha value is -2.08. The van der Waals surface area contributed by atoms with Crippen molar-refractivity contribution >= 4 is 11.9 Å². The molecule has 0 heterocycles. The molecule has 0 aromatic heterocycles. The Morgan fingerprint density at radius 1 is 1.20 bits per heavy atom. The number of hydrogen-bond acceptors (Lipinski definition) is 4. The van der Waals surface area contributed by atoms with Crippen molar-refractivity contribution in [3.63, 3.8) is 0 Å². The highest BCUT2D eigenvalue weighted by atomic mass is 16.4. The molecule has 0 spiro atoms. The molecule has 0 aliphatic carbocycles. The Balaban J connectivity index is 2.96. The number of amides is 1. The van der Waals surface area contributed by atoms with E-state index in [1.165, 1.54) is 11.0 Å². The van der Waals surface area contributed by atoms with Crippen LogP contribution in [0.2, 0.25) is 0 Å². The van der Waals surface area contributed by atoms with Crippen molar-refractivity contribution in [2.45, 2.75) is 6.92 Å². The van der Waals surface area contributed by atoms with Gasteiger partial charge in [0.1, 0.15) is 12.3 Å². The van der Waals surface area contributed by atoms with Crippen molar-refractivity contribution in [3.8, 4) is 5.75 Å². The van der Waals surface area contributed by atoms with Crippen molar-refractivity contribution in [3.05, 3.63) is 29.3 Å². The number of aryl methyl sites for hydroxylation is 1. The van der Waals surface area contributed by atoms with Gasteiger partial charge in [-0.1, -0.05) is 11.6 Å². The van der Waals surface area contributed by atoms with Gasteiger partial charge in [0.05, 0.1) is 5.56 Å². The first-order chi connectivity index (χ1) is 9.31. The van der Waals surface area contributed by atoms with Gasteiger partial charge >= 0.3 is 5.97 Å². The molecule has 0 fully saturated rings. The molecule has 0 radical (unpaired) electrons. The third kappa shape index (κ3) is 4.55. The van der Waals surface area contributed by atoms with E-state index in [4.69, 9.17) is 5.11 Å². The summed E-state index contributed by atoms with van der Waals surface area (Å²) in [5.41, 5.74) is 0.957. The Labute approximate surface area is 118 Å². The van der Waals surface area contributed by atoms with E-state index >= 15 is 0 Å². The van der Waals surface area contributed by atoms with Crippen LogP contribution in [-0.2, 0) is 4.79 Å². The van der Waals surface area contributed by atoms with E-state index in [2.05, 4.69) is 0 Å². The fourth-order valence-electron chi connectivity index (χ4n) is 1.73. The van der Waals surface area contributed by atoms with Crippen LogP contribution < -0.4 is 0 Å². The Morgan fingerprint density at radius 3 is 2.40 bits per heavy atom. The minimum absolute atomic E-state index is 0.130. The molecule has 0 unspecified atom stereocenters. The largest absolute Gasteiger partial charge is 0.507 e. The number of carbonyl (C=O) groups excluding carboxylic acids is 1. The van der Waals surface area contributed by atoms with E-state index in [-0.39, 0.29) is 24.4 Å². The molecule has 1 rings (SSSR count). The first-order valence-corrected chi connectivity index (χ1v) is 6.26. The van der Waals surface area contributed by atoms with Gasteiger partial charge in [-0.25, -0.2) is 0 Å². The number of phenols is 1. The zero-order valence-corrected chi connectivity index (χ0v) is 12.0. The predicted octanol–water partition coefficient (Wildman–Crippen LogP) is 0.789. The van der Waals surface area contributed by atoms with Crippen LogP contribution in [0.15, 0.2) is 18.2 Å². The van der Waals surface area contributed by atoms with E-state index in [9.17, 15) is 14.7 Å². The Morgan fingerprint density at radius 2 is 1.85 bits per heavy atom. The molecule has 1 amide bonds. The molecule has 0 saturated heterocycles. The third-order valence-corrected chi connectivity index (χ3v) is 2.81. The smallest absolute Gasteiger partial charge is 0.323 e. The van der Waals surface area contributed by atoms with Crippen molar-refractivity contribution in [1.82, 2.24) is 9.80 Å². The maximum absolute atomic E-state index is 12.4. The zero-order valence-electron chi connectivity index (χ0n) is 12.0. The average molecular weight is 280 g/mol. The highest BCUT2D eigenvalue weighted by molar-refractivity contribution is 5.98. The summed E-state index contributed by atoms with van der Waals surface area (Å²) in [6.45, 7) is 2.24. The summed E-state index contributed by atoms with van der Waals surface area (Å²) in [6, 6.07) is 4.68. The van der Waals surface area contributed by atoms with Gasteiger partial charge in [-0.05, 0) is 33.2 Å². The molecule has 0 saturated carbocycles. The van der Waals surface area contributed by atoms with E-state index < -0.39 is 11.9 Å². The van der Waals surface area contributed by atoms with Gasteiger partial charge in [0.2, 0.25) is 0 Å². The van der Waals surface area contributed by atoms with Gasteiger partial charge in [-0.15, -0.1) is 0 Å². The van der Waals surface area contributed by atoms with Gasteiger partial charge in [0.15, 0.2) is 0 Å². The summed E-state index contributed by atoms with van der Waals surface area (Å²) in [7, 11) is 3.68. The van der Waals surface area contributed by atoms with Crippen LogP contribution in [0.25, 0.3) is 0 Å². The number of hydrogen-bond donors (Lipinski definition) is 2. The second-order valence-electron chi connectivity index (χ2n) is 4.94. The normalized spacial score (nSPS) is 10.6. The lowest BCUT2D eigenvalue weighted by molar-refractivity contribution is -0.137. The molecule has 1 aromatic rings. The van der Waals surface area contributed by atoms with Gasteiger partial charge in [0.25, 0.3) is 5.91 Å². The number of phenolic OH excluding ortho intramolecular Hbond substituents is 1. The number of rotatable bonds is 6. The minimum atomic E-state index is -1.08. The number of benzene rings is 1. The lowest BCUT2D eigenvalue weighted by Crippen LogP contribution is -2.40. The summed E-state index contributed by atoms with van der Waals surface area (Å²) < 4.78 is 0. The van der Waals surface area contributed by atoms with Gasteiger partial charge < -0.3 is 20.0 Å². The summed E-state index contributed by atoms with van der Waals surface area (Å²) in [5, 5.41) is 18.7. The predicted molar refractivity (Wildman–Crippen MR) is 74.9 cm³/mol. The monoisotopic (exact) mass is 280 g/mol. The van der Waals surface area contributed by atoms with Crippen LogP contribution in [0.3, 0.4) is 0 Å². The van der Waals surface area contributed by atoms with Crippen molar-refractivity contribution in [2.24, 2.45) is 0 Å². The van der Waals surface area contributed by atoms with Crippen molar-refractivity contribution < 1.29 is 19.8 Å². The van der Waals surface area contributed by atoms with Crippen LogP contribution in [0.5, 0.6) is 5.75 Å². The fraction of sp³-hybridized carbons (Fsp3) is 0.429. The second-order valence-corrected chi connectivity index (χ2v) is 4.94. The third-order valence-electron chi connectivity index (χ3n) is 2.81. The lowest BCUT2D eigenvalue weighted by Gasteiger charge is -2.23. The maximum atomic E-state index is 12.4. The lowest BCUT2D eigenvalue weighted by atomic mass is 10.1. The topological polar surface area (TPSA) is 81.1 Å². The summed E-state index contributed by atoms with van der Waals surface area (Å²) >= 11 is 0. The zero-order chi connectivity index (χ0) is 15.3. The second kappa shape index (κ2) is 6.91. The van der Waals surface area contributed by atoms with Crippen molar-refractivity contribution in [2.75, 3.05) is 33.7 Å². The molecule has 2 N–H and O–H groups in total. The molecule has 0 aliphatic rings. The highest BCUT2D eigenvalue weighted by Crippen LogP contribution is 2.20. The molecule has 110 valence electrons. The van der Waals surface area contributed by atoms with Crippen LogP contribution in [-0.4, -0.2) is 65.6 Å². The minimum Gasteiger partial charge on any atom is -0.507 e. The average Bonchev–Trinajstić information content (AvgIpc) is 2.36. The van der Waals surface area contributed by atoms with E-state index in [0.29, 0.717) is 6.54 Å². The van der Waals surface area contributed by atoms with Crippen LogP contribution >= 0.6 is 0 Å². The van der Waals surface area contributed by atoms with Crippen LogP contribution in [0.4, 0.5) is 0 Å². The molecule has 1 aromatic carbocycles. The standard InChI is InChI=1S/C14H20N2O4/c1-10-4-5-12(17)11(8-10)14(20)16(9-13(18)19)7-6-15(2)3/h4-5,8,17H,6-7,9H2,1-3H3,(H,18,19). The number of carboxylic acids is 1. The summed E-state index contributed by atoms with van der Waals surface area (Å²) in [5.74, 6) is -1.69. The number of carboxylic acid groups (broad SMARTS) is 1. The van der Waals surface area contributed by atoms with E-state index in [0.717, 1.165) is 5.56 Å². The van der Waals surface area contributed by atoms with E-state index in [1.54, 1.807) is 19.1 Å². The van der Waals surface area contributed by atoms with Crippen LogP contribution in [0, 0.1) is 6.92 Å². The molecule has 20 heavy (non-hydrogen) atoms. The van der Waals surface area contributed by atoms with Crippen molar-refractivity contribution in [1.29, 1.82) is 0 Å². The van der Waals surface area contributed by atoms with Gasteiger partial charge in [0, 0.05) is 13.1 Å².